The smallest absolute Gasteiger partial charge is 0.258 e. The zero-order valence-electron chi connectivity index (χ0n) is 11.0. The number of hydrogen-bond acceptors (Lipinski definition) is 2. The lowest BCUT2D eigenvalue weighted by molar-refractivity contribution is 0.0987. The van der Waals surface area contributed by atoms with Crippen LogP contribution >= 0.6 is 0 Å². The Labute approximate surface area is 113 Å². The first-order valence-corrected chi connectivity index (χ1v) is 6.36. The van der Waals surface area contributed by atoms with E-state index in [1.807, 2.05) is 61.5 Å². The van der Waals surface area contributed by atoms with Gasteiger partial charge in [0.2, 0.25) is 0 Å². The number of nitrogens with zero attached hydrogens (tertiary/aromatic N) is 1. The maximum Gasteiger partial charge on any atom is 0.258 e. The highest BCUT2D eigenvalue weighted by Gasteiger charge is 2.16. The van der Waals surface area contributed by atoms with Crippen molar-refractivity contribution in [1.82, 2.24) is 0 Å². The summed E-state index contributed by atoms with van der Waals surface area (Å²) < 4.78 is 0. The van der Waals surface area contributed by atoms with Crippen molar-refractivity contribution in [3.8, 4) is 0 Å². The van der Waals surface area contributed by atoms with Crippen molar-refractivity contribution in [2.75, 3.05) is 18.0 Å². The molecule has 2 N–H and O–H groups in total. The highest BCUT2D eigenvalue weighted by atomic mass is 16.2. The number of hydrogen-bond donors (Lipinski definition) is 1. The Morgan fingerprint density at radius 3 is 2.26 bits per heavy atom. The molecule has 98 valence electrons. The third-order valence-electron chi connectivity index (χ3n) is 2.96. The van der Waals surface area contributed by atoms with E-state index < -0.39 is 0 Å². The predicted molar refractivity (Wildman–Crippen MR) is 78.4 cm³/mol. The molecule has 0 radical (unpaired) electrons. The van der Waals surface area contributed by atoms with Gasteiger partial charge in [0.15, 0.2) is 0 Å². The van der Waals surface area contributed by atoms with Crippen LogP contribution in [0.15, 0.2) is 54.6 Å². The Morgan fingerprint density at radius 1 is 1.05 bits per heavy atom. The van der Waals surface area contributed by atoms with Crippen LogP contribution in [0.1, 0.15) is 15.9 Å². The second-order valence-electron chi connectivity index (χ2n) is 4.45. The Kier molecular flexibility index (Phi) is 4.31. The molecular formula is C16H18N2O. The van der Waals surface area contributed by atoms with Gasteiger partial charge in [-0.05, 0) is 31.2 Å². The number of rotatable bonds is 4. The van der Waals surface area contributed by atoms with Crippen molar-refractivity contribution in [3.63, 3.8) is 0 Å². The van der Waals surface area contributed by atoms with Crippen molar-refractivity contribution in [1.29, 1.82) is 0 Å². The topological polar surface area (TPSA) is 46.3 Å². The molecule has 0 heterocycles. The van der Waals surface area contributed by atoms with E-state index in [1.54, 1.807) is 4.90 Å². The van der Waals surface area contributed by atoms with Gasteiger partial charge >= 0.3 is 0 Å². The van der Waals surface area contributed by atoms with Gasteiger partial charge in [-0.1, -0.05) is 35.9 Å². The lowest BCUT2D eigenvalue weighted by atomic mass is 10.1. The van der Waals surface area contributed by atoms with E-state index in [-0.39, 0.29) is 5.91 Å². The van der Waals surface area contributed by atoms with Crippen LogP contribution in [0.25, 0.3) is 0 Å². The van der Waals surface area contributed by atoms with E-state index in [0.29, 0.717) is 18.7 Å². The zero-order chi connectivity index (χ0) is 13.7. The molecule has 1 amide bonds. The maximum atomic E-state index is 12.5. The van der Waals surface area contributed by atoms with E-state index in [4.69, 9.17) is 5.73 Å². The van der Waals surface area contributed by atoms with Crippen LogP contribution < -0.4 is 10.6 Å². The van der Waals surface area contributed by atoms with Gasteiger partial charge in [-0.3, -0.25) is 4.79 Å². The molecule has 0 bridgehead atoms. The number of benzene rings is 2. The van der Waals surface area contributed by atoms with Gasteiger partial charge < -0.3 is 10.6 Å². The number of amides is 1. The van der Waals surface area contributed by atoms with Crippen LogP contribution in [0.2, 0.25) is 0 Å². The molecule has 2 rings (SSSR count). The van der Waals surface area contributed by atoms with Gasteiger partial charge in [-0.15, -0.1) is 0 Å². The molecule has 2 aromatic rings. The van der Waals surface area contributed by atoms with E-state index in [0.717, 1.165) is 5.69 Å². The molecule has 3 nitrogen and oxygen atoms in total. The molecule has 0 saturated carbocycles. The molecule has 19 heavy (non-hydrogen) atoms. The van der Waals surface area contributed by atoms with Crippen molar-refractivity contribution >= 4 is 11.6 Å². The number of carbonyl (C=O) groups is 1. The van der Waals surface area contributed by atoms with Crippen molar-refractivity contribution < 1.29 is 4.79 Å². The van der Waals surface area contributed by atoms with E-state index >= 15 is 0 Å². The van der Waals surface area contributed by atoms with Gasteiger partial charge in [0.1, 0.15) is 0 Å². The summed E-state index contributed by atoms with van der Waals surface area (Å²) in [5, 5.41) is 0. The standard InChI is InChI=1S/C16H18N2O/c1-13-7-9-15(10-8-13)18(12-11-17)16(19)14-5-3-2-4-6-14/h2-10H,11-12,17H2,1H3. The molecule has 0 saturated heterocycles. The highest BCUT2D eigenvalue weighted by molar-refractivity contribution is 6.06. The molecule has 0 spiro atoms. The average molecular weight is 254 g/mol. The van der Waals surface area contributed by atoms with Crippen LogP contribution in [0.5, 0.6) is 0 Å². The Bertz CT molecular complexity index is 534. The quantitative estimate of drug-likeness (QED) is 0.911. The molecule has 0 atom stereocenters. The number of carbonyl (C=O) groups excluding carboxylic acids is 1. The van der Waals surface area contributed by atoms with Crippen molar-refractivity contribution in [2.45, 2.75) is 6.92 Å². The Morgan fingerprint density at radius 2 is 1.68 bits per heavy atom. The summed E-state index contributed by atoms with van der Waals surface area (Å²) in [4.78, 5) is 14.2. The van der Waals surface area contributed by atoms with Crippen molar-refractivity contribution in [3.05, 3.63) is 65.7 Å². The number of nitrogens with two attached hydrogens (primary N) is 1. The van der Waals surface area contributed by atoms with Gasteiger partial charge in [-0.2, -0.15) is 0 Å². The first kappa shape index (κ1) is 13.3. The highest BCUT2D eigenvalue weighted by Crippen LogP contribution is 2.17. The minimum Gasteiger partial charge on any atom is -0.329 e. The molecule has 2 aromatic carbocycles. The summed E-state index contributed by atoms with van der Waals surface area (Å²) >= 11 is 0. The summed E-state index contributed by atoms with van der Waals surface area (Å²) in [6.45, 7) is 2.97. The lowest BCUT2D eigenvalue weighted by Crippen LogP contribution is -2.35. The van der Waals surface area contributed by atoms with Gasteiger partial charge in [0, 0.05) is 24.3 Å². The molecule has 0 aromatic heterocycles. The Balaban J connectivity index is 2.30. The third-order valence-corrected chi connectivity index (χ3v) is 2.96. The van der Waals surface area contributed by atoms with Crippen molar-refractivity contribution in [2.24, 2.45) is 5.73 Å². The Hall–Kier alpha value is -2.13. The fourth-order valence-corrected chi connectivity index (χ4v) is 1.94. The molecule has 0 unspecified atom stereocenters. The molecule has 3 heteroatoms. The lowest BCUT2D eigenvalue weighted by Gasteiger charge is -2.22. The molecular weight excluding hydrogens is 236 g/mol. The fourth-order valence-electron chi connectivity index (χ4n) is 1.94. The van der Waals surface area contributed by atoms with E-state index in [1.165, 1.54) is 5.56 Å². The van der Waals surface area contributed by atoms with Crippen LogP contribution in [0.4, 0.5) is 5.69 Å². The monoisotopic (exact) mass is 254 g/mol. The SMILES string of the molecule is Cc1ccc(N(CCN)C(=O)c2ccccc2)cc1. The summed E-state index contributed by atoms with van der Waals surface area (Å²) in [6.07, 6.45) is 0. The normalized spacial score (nSPS) is 10.2. The number of aryl methyl sites for hydroxylation is 1. The van der Waals surface area contributed by atoms with Crippen LogP contribution in [0.3, 0.4) is 0 Å². The third kappa shape index (κ3) is 3.20. The maximum absolute atomic E-state index is 12.5. The van der Waals surface area contributed by atoms with Gasteiger partial charge in [0.05, 0.1) is 0 Å². The first-order valence-electron chi connectivity index (χ1n) is 6.36. The first-order chi connectivity index (χ1) is 9.22. The van der Waals surface area contributed by atoms with Crippen LogP contribution in [-0.4, -0.2) is 19.0 Å². The minimum absolute atomic E-state index is 0.0186. The van der Waals surface area contributed by atoms with Crippen LogP contribution in [-0.2, 0) is 0 Å². The van der Waals surface area contributed by atoms with E-state index in [2.05, 4.69) is 0 Å². The van der Waals surface area contributed by atoms with Gasteiger partial charge in [-0.25, -0.2) is 0 Å². The van der Waals surface area contributed by atoms with E-state index in [9.17, 15) is 4.79 Å². The summed E-state index contributed by atoms with van der Waals surface area (Å²) in [5.41, 5.74) is 8.35. The second-order valence-corrected chi connectivity index (χ2v) is 4.45. The van der Waals surface area contributed by atoms with Crippen LogP contribution in [0, 0.1) is 6.92 Å². The summed E-state index contributed by atoms with van der Waals surface area (Å²) in [5.74, 6) is -0.0186. The molecule has 0 aliphatic carbocycles. The zero-order valence-corrected chi connectivity index (χ0v) is 11.0. The number of anilines is 1. The van der Waals surface area contributed by atoms with Gasteiger partial charge in [0.25, 0.3) is 5.91 Å². The fraction of sp³-hybridized carbons (Fsp3) is 0.188. The largest absolute Gasteiger partial charge is 0.329 e. The second kappa shape index (κ2) is 6.16. The minimum atomic E-state index is -0.0186. The predicted octanol–water partition coefficient (Wildman–Crippen LogP) is 2.60. The molecule has 0 fully saturated rings. The summed E-state index contributed by atoms with van der Waals surface area (Å²) in [7, 11) is 0. The summed E-state index contributed by atoms with van der Waals surface area (Å²) in [6, 6.07) is 17.2. The molecule has 0 aliphatic heterocycles. The molecule has 0 aliphatic rings. The average Bonchev–Trinajstić information content (AvgIpc) is 2.46.